The Bertz CT molecular complexity index is 680. The number of amides is 1. The van der Waals surface area contributed by atoms with Gasteiger partial charge in [0, 0.05) is 12.6 Å². The Hall–Kier alpha value is -2.54. The van der Waals surface area contributed by atoms with Crippen molar-refractivity contribution in [1.29, 1.82) is 0 Å². The molecule has 1 atom stereocenters. The lowest BCUT2D eigenvalue weighted by Gasteiger charge is -2.10. The molecule has 1 aromatic heterocycles. The molecule has 0 unspecified atom stereocenters. The first-order valence-corrected chi connectivity index (χ1v) is 8.08. The molecule has 7 nitrogen and oxygen atoms in total. The van der Waals surface area contributed by atoms with Gasteiger partial charge in [-0.2, -0.15) is 5.10 Å². The Kier molecular flexibility index (Phi) is 5.32. The van der Waals surface area contributed by atoms with Gasteiger partial charge in [0.1, 0.15) is 12.3 Å². The minimum absolute atomic E-state index is 0.177. The number of benzene rings is 1. The molecule has 2 aromatic rings. The highest BCUT2D eigenvalue weighted by atomic mass is 16.5. The maximum atomic E-state index is 12.1. The number of ether oxygens (including phenoxy) is 2. The van der Waals surface area contributed by atoms with Crippen LogP contribution in [0.3, 0.4) is 0 Å². The number of nitrogens with zero attached hydrogens (tertiary/aromatic N) is 1. The number of H-pyrrole nitrogens is 1. The van der Waals surface area contributed by atoms with Gasteiger partial charge in [0.25, 0.3) is 5.91 Å². The number of carbonyl (C=O) groups is 1. The highest BCUT2D eigenvalue weighted by Crippen LogP contribution is 2.26. The Labute approximate surface area is 140 Å². The zero-order valence-corrected chi connectivity index (χ0v) is 13.7. The van der Waals surface area contributed by atoms with E-state index in [9.17, 15) is 4.79 Å². The summed E-state index contributed by atoms with van der Waals surface area (Å²) >= 11 is 0. The van der Waals surface area contributed by atoms with Gasteiger partial charge in [-0.1, -0.05) is 12.1 Å². The first-order chi connectivity index (χ1) is 11.8. The van der Waals surface area contributed by atoms with Gasteiger partial charge in [-0.15, -0.1) is 0 Å². The molecule has 7 heteroatoms. The standard InChI is InChI=1S/C17H22N4O3/c1-23-15-6-2-3-7-16(15)24-11-13-9-14(21-20-13)17(22)19-10-12-5-4-8-18-12/h2-3,6-7,9,12,18H,4-5,8,10-11H2,1H3,(H,19,22)(H,20,21)/t12-/m0/s1. The summed E-state index contributed by atoms with van der Waals surface area (Å²) in [6.07, 6.45) is 2.26. The van der Waals surface area contributed by atoms with Gasteiger partial charge in [-0.05, 0) is 37.6 Å². The van der Waals surface area contributed by atoms with Crippen LogP contribution in [0.1, 0.15) is 29.0 Å². The number of hydrogen-bond acceptors (Lipinski definition) is 5. The van der Waals surface area contributed by atoms with Crippen molar-refractivity contribution < 1.29 is 14.3 Å². The van der Waals surface area contributed by atoms with Gasteiger partial charge in [0.2, 0.25) is 0 Å². The Morgan fingerprint density at radius 3 is 2.96 bits per heavy atom. The third kappa shape index (κ3) is 4.05. The van der Waals surface area contributed by atoms with E-state index < -0.39 is 0 Å². The summed E-state index contributed by atoms with van der Waals surface area (Å²) in [6.45, 7) is 1.93. The first kappa shape index (κ1) is 16.3. The summed E-state index contributed by atoms with van der Waals surface area (Å²) in [5.74, 6) is 1.13. The minimum Gasteiger partial charge on any atom is -0.493 e. The van der Waals surface area contributed by atoms with Gasteiger partial charge < -0.3 is 20.1 Å². The largest absolute Gasteiger partial charge is 0.493 e. The summed E-state index contributed by atoms with van der Waals surface area (Å²) in [5, 5.41) is 13.1. The molecule has 1 aliphatic heterocycles. The average Bonchev–Trinajstić information content (AvgIpc) is 3.30. The molecule has 0 spiro atoms. The predicted octanol–water partition coefficient (Wildman–Crippen LogP) is 1.48. The van der Waals surface area contributed by atoms with Crippen molar-refractivity contribution in [2.75, 3.05) is 20.2 Å². The number of hydrogen-bond donors (Lipinski definition) is 3. The number of methoxy groups -OCH3 is 1. The third-order valence-electron chi connectivity index (χ3n) is 3.99. The van der Waals surface area contributed by atoms with E-state index in [4.69, 9.17) is 9.47 Å². The number of rotatable bonds is 7. The fourth-order valence-corrected chi connectivity index (χ4v) is 2.68. The lowest BCUT2D eigenvalue weighted by molar-refractivity contribution is 0.0945. The summed E-state index contributed by atoms with van der Waals surface area (Å²) in [4.78, 5) is 12.1. The Morgan fingerprint density at radius 2 is 2.21 bits per heavy atom. The molecule has 3 rings (SSSR count). The SMILES string of the molecule is COc1ccccc1OCc1cc(C(=O)NC[C@@H]2CCCN2)n[nH]1. The molecule has 128 valence electrons. The molecule has 1 saturated heterocycles. The van der Waals surface area contributed by atoms with Crippen molar-refractivity contribution in [1.82, 2.24) is 20.8 Å². The van der Waals surface area contributed by atoms with Crippen LogP contribution in [0.15, 0.2) is 30.3 Å². The van der Waals surface area contributed by atoms with E-state index in [2.05, 4.69) is 20.8 Å². The Balaban J connectivity index is 1.52. The second-order valence-electron chi connectivity index (χ2n) is 5.72. The third-order valence-corrected chi connectivity index (χ3v) is 3.99. The van der Waals surface area contributed by atoms with Gasteiger partial charge in [-0.25, -0.2) is 0 Å². The zero-order valence-electron chi connectivity index (χ0n) is 13.7. The van der Waals surface area contributed by atoms with Crippen LogP contribution in [0.2, 0.25) is 0 Å². The highest BCUT2D eigenvalue weighted by Gasteiger charge is 2.16. The van der Waals surface area contributed by atoms with E-state index in [1.54, 1.807) is 13.2 Å². The van der Waals surface area contributed by atoms with Crippen molar-refractivity contribution in [2.45, 2.75) is 25.5 Å². The molecule has 0 saturated carbocycles. The molecule has 0 radical (unpaired) electrons. The van der Waals surface area contributed by atoms with Gasteiger partial charge in [-0.3, -0.25) is 9.89 Å². The van der Waals surface area contributed by atoms with Crippen molar-refractivity contribution in [3.8, 4) is 11.5 Å². The zero-order chi connectivity index (χ0) is 16.8. The Morgan fingerprint density at radius 1 is 1.38 bits per heavy atom. The van der Waals surface area contributed by atoms with Gasteiger partial charge in [0.15, 0.2) is 11.5 Å². The molecule has 1 fully saturated rings. The number of para-hydroxylation sites is 2. The van der Waals surface area contributed by atoms with Crippen LogP contribution in [0, 0.1) is 0 Å². The van der Waals surface area contributed by atoms with Gasteiger partial charge in [0.05, 0.1) is 12.8 Å². The molecule has 1 amide bonds. The quantitative estimate of drug-likeness (QED) is 0.716. The van der Waals surface area contributed by atoms with Crippen LogP contribution < -0.4 is 20.1 Å². The maximum absolute atomic E-state index is 12.1. The predicted molar refractivity (Wildman–Crippen MR) is 89.3 cm³/mol. The van der Waals surface area contributed by atoms with E-state index in [1.807, 2.05) is 24.3 Å². The summed E-state index contributed by atoms with van der Waals surface area (Å²) in [7, 11) is 1.60. The van der Waals surface area contributed by atoms with E-state index in [1.165, 1.54) is 0 Å². The number of carbonyl (C=O) groups excluding carboxylic acids is 1. The summed E-state index contributed by atoms with van der Waals surface area (Å²) in [6, 6.07) is 9.48. The first-order valence-electron chi connectivity index (χ1n) is 8.08. The summed E-state index contributed by atoms with van der Waals surface area (Å²) in [5.41, 5.74) is 1.09. The lowest BCUT2D eigenvalue weighted by Crippen LogP contribution is -2.37. The lowest BCUT2D eigenvalue weighted by atomic mass is 10.2. The minimum atomic E-state index is -0.177. The number of aromatic amines is 1. The van der Waals surface area contributed by atoms with Crippen LogP contribution >= 0.6 is 0 Å². The molecule has 0 aliphatic carbocycles. The fraction of sp³-hybridized carbons (Fsp3) is 0.412. The maximum Gasteiger partial charge on any atom is 0.271 e. The van der Waals surface area contributed by atoms with Gasteiger partial charge >= 0.3 is 0 Å². The van der Waals surface area contributed by atoms with Crippen molar-refractivity contribution in [3.63, 3.8) is 0 Å². The molecule has 24 heavy (non-hydrogen) atoms. The van der Waals surface area contributed by atoms with E-state index >= 15 is 0 Å². The molecule has 1 aliphatic rings. The van der Waals surface area contributed by atoms with Crippen LogP contribution in [0.25, 0.3) is 0 Å². The van der Waals surface area contributed by atoms with E-state index in [0.717, 1.165) is 25.1 Å². The topological polar surface area (TPSA) is 88.3 Å². The monoisotopic (exact) mass is 330 g/mol. The molecular formula is C17H22N4O3. The van der Waals surface area contributed by atoms with Crippen molar-refractivity contribution in [3.05, 3.63) is 41.7 Å². The van der Waals surface area contributed by atoms with E-state index in [-0.39, 0.29) is 12.5 Å². The molecule has 3 N–H and O–H groups in total. The second-order valence-corrected chi connectivity index (χ2v) is 5.72. The van der Waals surface area contributed by atoms with Crippen molar-refractivity contribution >= 4 is 5.91 Å². The smallest absolute Gasteiger partial charge is 0.271 e. The molecule has 0 bridgehead atoms. The number of nitrogens with one attached hydrogen (secondary N) is 3. The van der Waals surface area contributed by atoms with Crippen molar-refractivity contribution in [2.24, 2.45) is 0 Å². The molecular weight excluding hydrogens is 308 g/mol. The highest BCUT2D eigenvalue weighted by molar-refractivity contribution is 5.92. The number of aromatic nitrogens is 2. The fourth-order valence-electron chi connectivity index (χ4n) is 2.68. The molecule has 2 heterocycles. The normalized spacial score (nSPS) is 16.8. The van der Waals surface area contributed by atoms with E-state index in [0.29, 0.717) is 29.8 Å². The molecule has 1 aromatic carbocycles. The second kappa shape index (κ2) is 7.83. The van der Waals surface area contributed by atoms with Crippen LogP contribution in [0.5, 0.6) is 11.5 Å². The average molecular weight is 330 g/mol. The van der Waals surface area contributed by atoms with Crippen LogP contribution in [-0.4, -0.2) is 42.3 Å². The summed E-state index contributed by atoms with van der Waals surface area (Å²) < 4.78 is 10.9. The van der Waals surface area contributed by atoms with Crippen LogP contribution in [0.4, 0.5) is 0 Å². The van der Waals surface area contributed by atoms with Crippen LogP contribution in [-0.2, 0) is 6.61 Å².